The lowest BCUT2D eigenvalue weighted by molar-refractivity contribution is -0.143. The maximum absolute atomic E-state index is 14.5. The molecule has 0 aliphatic rings. The Labute approximate surface area is 237 Å². The minimum Gasteiger partial charge on any atom is -0.444 e. The van der Waals surface area contributed by atoms with E-state index in [1.54, 1.807) is 25.7 Å². The molecule has 0 aromatic heterocycles. The largest absolute Gasteiger partial charge is 0.444 e. The third-order valence-electron chi connectivity index (χ3n) is 6.64. The van der Waals surface area contributed by atoms with Crippen molar-refractivity contribution in [2.45, 2.75) is 78.1 Å². The van der Waals surface area contributed by atoms with E-state index in [0.717, 1.165) is 11.1 Å². The van der Waals surface area contributed by atoms with Gasteiger partial charge in [-0.05, 0) is 63.8 Å². The van der Waals surface area contributed by atoms with Crippen molar-refractivity contribution in [2.24, 2.45) is 0 Å². The Morgan fingerprint density at radius 2 is 1.45 bits per heavy atom. The van der Waals surface area contributed by atoms with Crippen molar-refractivity contribution in [3.8, 4) is 0 Å². The summed E-state index contributed by atoms with van der Waals surface area (Å²) < 4.78 is 5.51. The van der Waals surface area contributed by atoms with Gasteiger partial charge in [0, 0.05) is 18.2 Å². The summed E-state index contributed by atoms with van der Waals surface area (Å²) in [6, 6.07) is 24.1. The third-order valence-corrected chi connectivity index (χ3v) is 6.64. The number of benzene rings is 3. The van der Waals surface area contributed by atoms with Gasteiger partial charge in [0.15, 0.2) is 0 Å². The highest BCUT2D eigenvalue weighted by Crippen LogP contribution is 2.28. The molecular weight excluding hydrogens is 502 g/mol. The Bertz CT molecular complexity index is 1270. The van der Waals surface area contributed by atoms with Gasteiger partial charge in [0.25, 0.3) is 5.91 Å². The van der Waals surface area contributed by atoms with Crippen molar-refractivity contribution in [3.05, 3.63) is 102 Å². The van der Waals surface area contributed by atoms with Gasteiger partial charge >= 0.3 is 6.09 Å². The van der Waals surface area contributed by atoms with E-state index in [0.29, 0.717) is 17.7 Å². The molecule has 3 unspecified atom stereocenters. The molecule has 3 aromatic carbocycles. The number of carbonyl (C=O) groups excluding carboxylic acids is 3. The first-order chi connectivity index (χ1) is 19.0. The van der Waals surface area contributed by atoms with Gasteiger partial charge in [-0.2, -0.15) is 0 Å². The molecule has 0 aliphatic carbocycles. The van der Waals surface area contributed by atoms with Crippen molar-refractivity contribution >= 4 is 23.6 Å². The number of para-hydroxylation sites is 1. The molecule has 3 atom stereocenters. The zero-order valence-corrected chi connectivity index (χ0v) is 24.3. The number of nitrogens with zero attached hydrogens (tertiary/aromatic N) is 1. The minimum absolute atomic E-state index is 0.243. The summed E-state index contributed by atoms with van der Waals surface area (Å²) in [5, 5.41) is 5.84. The van der Waals surface area contributed by atoms with Crippen LogP contribution in [-0.2, 0) is 20.7 Å². The van der Waals surface area contributed by atoms with E-state index >= 15 is 0 Å². The molecule has 0 aliphatic heterocycles. The third kappa shape index (κ3) is 8.43. The first kappa shape index (κ1) is 30.4. The Balaban J connectivity index is 2.05. The number of carbonyl (C=O) groups is 3. The van der Waals surface area contributed by atoms with Crippen LogP contribution in [0.2, 0.25) is 0 Å². The number of hydrogen-bond acceptors (Lipinski definition) is 4. The molecule has 0 saturated heterocycles. The molecule has 0 bridgehead atoms. The number of rotatable bonds is 10. The van der Waals surface area contributed by atoms with E-state index in [2.05, 4.69) is 10.6 Å². The fourth-order valence-corrected chi connectivity index (χ4v) is 4.46. The fraction of sp³-hybridized carbons (Fsp3) is 0.364. The molecule has 3 amide bonds. The zero-order valence-electron chi connectivity index (χ0n) is 24.3. The molecule has 0 radical (unpaired) electrons. The minimum atomic E-state index is -0.955. The molecule has 0 saturated carbocycles. The normalized spacial score (nSPS) is 13.4. The van der Waals surface area contributed by atoms with Gasteiger partial charge < -0.3 is 20.3 Å². The van der Waals surface area contributed by atoms with Gasteiger partial charge in [-0.3, -0.25) is 9.59 Å². The first-order valence-electron chi connectivity index (χ1n) is 13.8. The molecule has 212 valence electrons. The van der Waals surface area contributed by atoms with Gasteiger partial charge in [0.2, 0.25) is 5.91 Å². The average molecular weight is 544 g/mol. The lowest BCUT2D eigenvalue weighted by Gasteiger charge is -2.38. The summed E-state index contributed by atoms with van der Waals surface area (Å²) in [6.45, 7) is 11.1. The number of aryl methyl sites for hydroxylation is 1. The average Bonchev–Trinajstić information content (AvgIpc) is 2.91. The number of alkyl carbamates (subject to hydrolysis) is 1. The Morgan fingerprint density at radius 1 is 0.875 bits per heavy atom. The SMILES string of the molecule is CCC(C)N(C(=O)C(Cc1ccccc1)NC(=O)OC(C)(C)C)C(C(=O)Nc1ccccc1C)c1ccccc1. The summed E-state index contributed by atoms with van der Waals surface area (Å²) >= 11 is 0. The fourth-order valence-electron chi connectivity index (χ4n) is 4.46. The van der Waals surface area contributed by atoms with E-state index < -0.39 is 23.8 Å². The summed E-state index contributed by atoms with van der Waals surface area (Å²) in [5.74, 6) is -0.692. The van der Waals surface area contributed by atoms with Crippen LogP contribution in [0.15, 0.2) is 84.9 Å². The van der Waals surface area contributed by atoms with E-state index in [1.807, 2.05) is 106 Å². The van der Waals surface area contributed by atoms with Crippen molar-refractivity contribution in [1.82, 2.24) is 10.2 Å². The molecule has 0 fully saturated rings. The summed E-state index contributed by atoms with van der Waals surface area (Å²) in [4.78, 5) is 43.0. The predicted molar refractivity (Wildman–Crippen MR) is 159 cm³/mol. The highest BCUT2D eigenvalue weighted by Gasteiger charge is 2.38. The molecule has 7 nitrogen and oxygen atoms in total. The monoisotopic (exact) mass is 543 g/mol. The topological polar surface area (TPSA) is 87.7 Å². The quantitative estimate of drug-likeness (QED) is 0.308. The molecular formula is C33H41N3O4. The van der Waals surface area contributed by atoms with Crippen molar-refractivity contribution in [3.63, 3.8) is 0 Å². The molecule has 7 heteroatoms. The smallest absolute Gasteiger partial charge is 0.408 e. The second-order valence-electron chi connectivity index (χ2n) is 11.0. The lowest BCUT2D eigenvalue weighted by atomic mass is 9.98. The first-order valence-corrected chi connectivity index (χ1v) is 13.8. The van der Waals surface area contributed by atoms with Crippen LogP contribution < -0.4 is 10.6 Å². The maximum atomic E-state index is 14.5. The van der Waals surface area contributed by atoms with E-state index in [1.165, 1.54) is 0 Å². The highest BCUT2D eigenvalue weighted by atomic mass is 16.6. The van der Waals surface area contributed by atoms with Gasteiger partial charge in [-0.25, -0.2) is 4.79 Å². The Hall–Kier alpha value is -4.13. The molecule has 2 N–H and O–H groups in total. The molecule has 0 heterocycles. The van der Waals surface area contributed by atoms with Crippen LogP contribution in [-0.4, -0.2) is 40.5 Å². The summed E-state index contributed by atoms with van der Waals surface area (Å²) in [7, 11) is 0. The number of ether oxygens (including phenoxy) is 1. The van der Waals surface area contributed by atoms with Crippen LogP contribution in [0.5, 0.6) is 0 Å². The number of nitrogens with one attached hydrogen (secondary N) is 2. The van der Waals surface area contributed by atoms with Gasteiger partial charge in [-0.15, -0.1) is 0 Å². The summed E-state index contributed by atoms with van der Waals surface area (Å²) in [6.07, 6.45) is 0.163. The Morgan fingerprint density at radius 3 is 2.02 bits per heavy atom. The van der Waals surface area contributed by atoms with E-state index in [-0.39, 0.29) is 24.3 Å². The van der Waals surface area contributed by atoms with Gasteiger partial charge in [-0.1, -0.05) is 85.8 Å². The number of amides is 3. The molecule has 3 rings (SSSR count). The second kappa shape index (κ2) is 13.8. The van der Waals surface area contributed by atoms with Crippen molar-refractivity contribution in [2.75, 3.05) is 5.32 Å². The second-order valence-corrected chi connectivity index (χ2v) is 11.0. The summed E-state index contributed by atoms with van der Waals surface area (Å²) in [5.41, 5.74) is 2.41. The number of anilines is 1. The molecule has 40 heavy (non-hydrogen) atoms. The van der Waals surface area contributed by atoms with Crippen LogP contribution in [0.4, 0.5) is 10.5 Å². The van der Waals surface area contributed by atoms with Crippen molar-refractivity contribution < 1.29 is 19.1 Å². The highest BCUT2D eigenvalue weighted by molar-refractivity contribution is 5.99. The van der Waals surface area contributed by atoms with Crippen LogP contribution in [0, 0.1) is 6.92 Å². The number of hydrogen-bond donors (Lipinski definition) is 2. The van der Waals surface area contributed by atoms with Crippen molar-refractivity contribution in [1.29, 1.82) is 0 Å². The molecule has 0 spiro atoms. The predicted octanol–water partition coefficient (Wildman–Crippen LogP) is 6.44. The lowest BCUT2D eigenvalue weighted by Crippen LogP contribution is -2.55. The standard InChI is InChI=1S/C33H41N3O4/c1-7-24(3)36(29(26-19-12-9-13-20-26)30(37)34-27-21-15-14-16-23(27)2)31(38)28(22-25-17-10-8-11-18-25)35-32(39)40-33(4,5)6/h8-21,24,28-29H,7,22H2,1-6H3,(H,34,37)(H,35,39). The van der Waals surface area contributed by atoms with Crippen LogP contribution in [0.3, 0.4) is 0 Å². The van der Waals surface area contributed by atoms with Gasteiger partial charge in [0.1, 0.15) is 17.7 Å². The molecule has 3 aromatic rings. The Kier molecular flexibility index (Phi) is 10.5. The van der Waals surface area contributed by atoms with Crippen LogP contribution >= 0.6 is 0 Å². The van der Waals surface area contributed by atoms with Gasteiger partial charge in [0.05, 0.1) is 0 Å². The van der Waals surface area contributed by atoms with Crippen LogP contribution in [0.1, 0.15) is 63.8 Å². The maximum Gasteiger partial charge on any atom is 0.408 e. The zero-order chi connectivity index (χ0) is 29.3. The van der Waals surface area contributed by atoms with E-state index in [4.69, 9.17) is 4.74 Å². The van der Waals surface area contributed by atoms with E-state index in [9.17, 15) is 14.4 Å². The van der Waals surface area contributed by atoms with Crippen LogP contribution in [0.25, 0.3) is 0 Å².